The fourth-order valence-corrected chi connectivity index (χ4v) is 3.84. The highest BCUT2D eigenvalue weighted by Crippen LogP contribution is 2.32. The fraction of sp³-hybridized carbons (Fsp3) is 0.632. The number of rotatable bonds is 5. The summed E-state index contributed by atoms with van der Waals surface area (Å²) in [5.74, 6) is 0.858. The average molecular weight is 357 g/mol. The Balaban J connectivity index is 1.36. The van der Waals surface area contributed by atoms with Gasteiger partial charge in [-0.25, -0.2) is 4.98 Å². The second-order valence-corrected chi connectivity index (χ2v) is 7.67. The lowest BCUT2D eigenvalue weighted by molar-refractivity contribution is -0.129. The Labute approximate surface area is 154 Å². The molecule has 1 saturated carbocycles. The number of carbonyl (C=O) groups is 2. The molecule has 3 heterocycles. The molecule has 3 fully saturated rings. The molecule has 0 aromatic carbocycles. The highest BCUT2D eigenvalue weighted by atomic mass is 16.2. The Hall–Kier alpha value is -2.15. The molecule has 0 bridgehead atoms. The van der Waals surface area contributed by atoms with E-state index in [9.17, 15) is 9.59 Å². The fourth-order valence-electron chi connectivity index (χ4n) is 3.84. The Bertz CT molecular complexity index is 682. The Kier molecular flexibility index (Phi) is 4.80. The Morgan fingerprint density at radius 1 is 1.27 bits per heavy atom. The predicted molar refractivity (Wildman–Crippen MR) is 98.6 cm³/mol. The van der Waals surface area contributed by atoms with Crippen LogP contribution in [0, 0.1) is 5.92 Å². The molecule has 2 saturated heterocycles. The van der Waals surface area contributed by atoms with Crippen LogP contribution in [-0.4, -0.2) is 72.4 Å². The third kappa shape index (κ3) is 3.67. The van der Waals surface area contributed by atoms with Crippen LogP contribution >= 0.6 is 0 Å². The number of nitrogens with one attached hydrogen (secondary N) is 1. The van der Waals surface area contributed by atoms with Gasteiger partial charge >= 0.3 is 0 Å². The third-order valence-corrected chi connectivity index (χ3v) is 5.64. The number of amides is 2. The Morgan fingerprint density at radius 3 is 2.77 bits per heavy atom. The second-order valence-electron chi connectivity index (χ2n) is 7.67. The van der Waals surface area contributed by atoms with E-state index in [0.29, 0.717) is 25.6 Å². The molecule has 7 nitrogen and oxygen atoms in total. The van der Waals surface area contributed by atoms with Crippen molar-refractivity contribution in [3.05, 3.63) is 23.9 Å². The van der Waals surface area contributed by atoms with E-state index >= 15 is 0 Å². The number of anilines is 1. The van der Waals surface area contributed by atoms with Gasteiger partial charge in [0, 0.05) is 63.5 Å². The molecule has 2 aliphatic heterocycles. The number of carbonyl (C=O) groups excluding carboxylic acids is 2. The summed E-state index contributed by atoms with van der Waals surface area (Å²) in [5.41, 5.74) is 1.04. The summed E-state index contributed by atoms with van der Waals surface area (Å²) in [6.07, 6.45) is 4.33. The molecule has 1 N–H and O–H groups in total. The number of hydrogen-bond donors (Lipinski definition) is 1. The van der Waals surface area contributed by atoms with Crippen LogP contribution in [-0.2, 0) is 16.1 Å². The minimum absolute atomic E-state index is 0.0188. The van der Waals surface area contributed by atoms with Gasteiger partial charge in [0.1, 0.15) is 5.82 Å². The number of likely N-dealkylation sites (N-methyl/N-ethyl adjacent to an activating group) is 1. The maximum Gasteiger partial charge on any atom is 0.225 e. The summed E-state index contributed by atoms with van der Waals surface area (Å²) < 4.78 is 0. The molecule has 0 spiro atoms. The van der Waals surface area contributed by atoms with Gasteiger partial charge in [0.15, 0.2) is 0 Å². The molecule has 1 aromatic rings. The normalized spacial score (nSPS) is 24.2. The zero-order valence-electron chi connectivity index (χ0n) is 15.4. The van der Waals surface area contributed by atoms with Crippen LogP contribution in [0.2, 0.25) is 0 Å². The first-order chi connectivity index (χ1) is 12.6. The van der Waals surface area contributed by atoms with Gasteiger partial charge in [-0.1, -0.05) is 6.07 Å². The molecule has 140 valence electrons. The van der Waals surface area contributed by atoms with Gasteiger partial charge in [0.2, 0.25) is 11.8 Å². The van der Waals surface area contributed by atoms with Crippen molar-refractivity contribution in [3.63, 3.8) is 0 Å². The summed E-state index contributed by atoms with van der Waals surface area (Å²) in [6.45, 7) is 4.97. The summed E-state index contributed by atoms with van der Waals surface area (Å²) in [4.78, 5) is 35.7. The summed E-state index contributed by atoms with van der Waals surface area (Å²) in [5, 5.41) is 3.03. The lowest BCUT2D eigenvalue weighted by Gasteiger charge is -2.34. The number of hydrogen-bond acceptors (Lipinski definition) is 5. The first-order valence-electron chi connectivity index (χ1n) is 9.56. The SMILES string of the molecule is CN1CCN(c2ncccc2CNC(=O)C2CC(=O)N(C3CC3)C2)CC1. The van der Waals surface area contributed by atoms with E-state index in [1.807, 2.05) is 23.2 Å². The van der Waals surface area contributed by atoms with Crippen LogP contribution in [0.15, 0.2) is 18.3 Å². The minimum atomic E-state index is -0.216. The molecule has 1 aromatic heterocycles. The maximum atomic E-state index is 12.6. The molecule has 2 amide bonds. The van der Waals surface area contributed by atoms with Crippen LogP contribution in [0.4, 0.5) is 5.82 Å². The van der Waals surface area contributed by atoms with E-state index in [2.05, 4.69) is 27.1 Å². The highest BCUT2D eigenvalue weighted by molar-refractivity contribution is 5.89. The molecule has 1 atom stereocenters. The molecule has 26 heavy (non-hydrogen) atoms. The number of aromatic nitrogens is 1. The zero-order valence-corrected chi connectivity index (χ0v) is 15.4. The lowest BCUT2D eigenvalue weighted by Crippen LogP contribution is -2.45. The number of piperazine rings is 1. The monoisotopic (exact) mass is 357 g/mol. The average Bonchev–Trinajstić information content (AvgIpc) is 3.42. The molecule has 1 aliphatic carbocycles. The van der Waals surface area contributed by atoms with E-state index < -0.39 is 0 Å². The quantitative estimate of drug-likeness (QED) is 0.829. The number of nitrogens with zero attached hydrogens (tertiary/aromatic N) is 4. The lowest BCUT2D eigenvalue weighted by atomic mass is 10.1. The third-order valence-electron chi connectivity index (χ3n) is 5.64. The molecule has 1 unspecified atom stereocenters. The first-order valence-corrected chi connectivity index (χ1v) is 9.56. The van der Waals surface area contributed by atoms with Crippen LogP contribution in [0.1, 0.15) is 24.8 Å². The van der Waals surface area contributed by atoms with E-state index in [4.69, 9.17) is 0 Å². The predicted octanol–water partition coefficient (Wildman–Crippen LogP) is 0.461. The van der Waals surface area contributed by atoms with Crippen molar-refractivity contribution in [3.8, 4) is 0 Å². The minimum Gasteiger partial charge on any atom is -0.354 e. The first kappa shape index (κ1) is 17.3. The smallest absolute Gasteiger partial charge is 0.225 e. The molecule has 3 aliphatic rings. The summed E-state index contributed by atoms with van der Waals surface area (Å²) in [6, 6.07) is 4.33. The van der Waals surface area contributed by atoms with Gasteiger partial charge in [-0.05, 0) is 26.0 Å². The van der Waals surface area contributed by atoms with Gasteiger partial charge in [-0.15, -0.1) is 0 Å². The van der Waals surface area contributed by atoms with Crippen molar-refractivity contribution >= 4 is 17.6 Å². The van der Waals surface area contributed by atoms with E-state index in [0.717, 1.165) is 50.4 Å². The molecule has 0 radical (unpaired) electrons. The Morgan fingerprint density at radius 2 is 2.04 bits per heavy atom. The van der Waals surface area contributed by atoms with Gasteiger partial charge < -0.3 is 20.0 Å². The van der Waals surface area contributed by atoms with Crippen molar-refractivity contribution in [1.29, 1.82) is 0 Å². The topological polar surface area (TPSA) is 68.8 Å². The molecular weight excluding hydrogens is 330 g/mol. The summed E-state index contributed by atoms with van der Waals surface area (Å²) >= 11 is 0. The van der Waals surface area contributed by atoms with Crippen molar-refractivity contribution in [2.75, 3.05) is 44.7 Å². The van der Waals surface area contributed by atoms with Crippen molar-refractivity contribution in [2.24, 2.45) is 5.92 Å². The molecular formula is C19H27N5O2. The number of pyridine rings is 1. The summed E-state index contributed by atoms with van der Waals surface area (Å²) in [7, 11) is 2.13. The standard InChI is InChI=1S/C19H27N5O2/c1-22-7-9-23(10-8-22)18-14(3-2-6-20-18)12-21-19(26)15-11-17(25)24(13-15)16-4-5-16/h2-3,6,15-16H,4-5,7-13H2,1H3,(H,21,26). The van der Waals surface area contributed by atoms with Crippen LogP contribution < -0.4 is 10.2 Å². The van der Waals surface area contributed by atoms with E-state index in [-0.39, 0.29) is 17.7 Å². The van der Waals surface area contributed by atoms with E-state index in [1.165, 1.54) is 0 Å². The maximum absolute atomic E-state index is 12.6. The second kappa shape index (κ2) is 7.23. The largest absolute Gasteiger partial charge is 0.354 e. The van der Waals surface area contributed by atoms with E-state index in [1.54, 1.807) is 0 Å². The number of likely N-dealkylation sites (tertiary alicyclic amines) is 1. The van der Waals surface area contributed by atoms with Crippen molar-refractivity contribution in [2.45, 2.75) is 31.8 Å². The van der Waals surface area contributed by atoms with Crippen LogP contribution in [0.5, 0.6) is 0 Å². The van der Waals surface area contributed by atoms with Gasteiger partial charge in [-0.3, -0.25) is 9.59 Å². The van der Waals surface area contributed by atoms with Gasteiger partial charge in [0.05, 0.1) is 5.92 Å². The van der Waals surface area contributed by atoms with Crippen LogP contribution in [0.25, 0.3) is 0 Å². The van der Waals surface area contributed by atoms with Gasteiger partial charge in [-0.2, -0.15) is 0 Å². The molecule has 7 heteroatoms. The van der Waals surface area contributed by atoms with Gasteiger partial charge in [0.25, 0.3) is 0 Å². The zero-order chi connectivity index (χ0) is 18.1. The molecule has 4 rings (SSSR count). The highest BCUT2D eigenvalue weighted by Gasteiger charge is 2.41. The van der Waals surface area contributed by atoms with Crippen molar-refractivity contribution < 1.29 is 9.59 Å². The van der Waals surface area contributed by atoms with Crippen molar-refractivity contribution in [1.82, 2.24) is 20.1 Å². The van der Waals surface area contributed by atoms with Crippen LogP contribution in [0.3, 0.4) is 0 Å².